The third-order valence-electron chi connectivity index (χ3n) is 3.86. The van der Waals surface area contributed by atoms with Crippen molar-refractivity contribution < 1.29 is 4.74 Å². The predicted octanol–water partition coefficient (Wildman–Crippen LogP) is 4.41. The fraction of sp³-hybridized carbons (Fsp3) is 0.600. The molecule has 0 bridgehead atoms. The molecular weight excluding hydrogens is 246 g/mol. The first-order valence-corrected chi connectivity index (χ1v) is 7.22. The molecule has 0 heterocycles. The highest BCUT2D eigenvalue weighted by Crippen LogP contribution is 2.29. The molecule has 0 radical (unpaired) electrons. The van der Waals surface area contributed by atoms with E-state index in [9.17, 15) is 0 Å². The maximum Gasteiger partial charge on any atom is 0.0735 e. The minimum atomic E-state index is 0.390. The van der Waals surface area contributed by atoms with Crippen LogP contribution in [0.2, 0.25) is 5.02 Å². The van der Waals surface area contributed by atoms with Crippen LogP contribution in [-0.4, -0.2) is 6.10 Å². The molecule has 0 aromatic heterocycles. The molecule has 2 rings (SSSR count). The van der Waals surface area contributed by atoms with E-state index in [4.69, 9.17) is 22.1 Å². The topological polar surface area (TPSA) is 35.2 Å². The third-order valence-corrected chi connectivity index (χ3v) is 4.23. The Morgan fingerprint density at radius 1 is 1.39 bits per heavy atom. The number of hydrogen-bond acceptors (Lipinski definition) is 2. The second kappa shape index (κ2) is 6.44. The van der Waals surface area contributed by atoms with Crippen molar-refractivity contribution >= 4 is 17.3 Å². The number of nitrogen functional groups attached to an aromatic ring is 1. The van der Waals surface area contributed by atoms with Gasteiger partial charge in [0.25, 0.3) is 0 Å². The lowest BCUT2D eigenvalue weighted by Gasteiger charge is -2.28. The molecule has 1 saturated carbocycles. The van der Waals surface area contributed by atoms with Gasteiger partial charge < -0.3 is 10.5 Å². The first-order chi connectivity index (χ1) is 8.69. The molecule has 1 aliphatic rings. The third kappa shape index (κ3) is 3.63. The first kappa shape index (κ1) is 13.7. The van der Waals surface area contributed by atoms with Crippen LogP contribution in [0.15, 0.2) is 18.2 Å². The van der Waals surface area contributed by atoms with E-state index in [1.807, 2.05) is 18.2 Å². The van der Waals surface area contributed by atoms with Gasteiger partial charge in [0.15, 0.2) is 0 Å². The number of nitrogens with two attached hydrogens (primary N) is 1. The van der Waals surface area contributed by atoms with Crippen LogP contribution >= 0.6 is 11.6 Å². The van der Waals surface area contributed by atoms with Crippen LogP contribution in [0.5, 0.6) is 0 Å². The van der Waals surface area contributed by atoms with Gasteiger partial charge in [-0.2, -0.15) is 0 Å². The Hall–Kier alpha value is -0.730. The highest BCUT2D eigenvalue weighted by Gasteiger charge is 2.21. The Bertz CT molecular complexity index is 394. The minimum Gasteiger partial charge on any atom is -0.399 e. The second-order valence-electron chi connectivity index (χ2n) is 5.22. The lowest BCUT2D eigenvalue weighted by molar-refractivity contribution is 0.00182. The van der Waals surface area contributed by atoms with Gasteiger partial charge in [-0.3, -0.25) is 0 Å². The number of anilines is 1. The summed E-state index contributed by atoms with van der Waals surface area (Å²) in [5.74, 6) is 0.833. The number of hydrogen-bond donors (Lipinski definition) is 1. The number of ether oxygens (including phenoxy) is 1. The molecule has 1 aromatic rings. The van der Waals surface area contributed by atoms with Gasteiger partial charge in [0.05, 0.1) is 12.7 Å². The monoisotopic (exact) mass is 267 g/mol. The summed E-state index contributed by atoms with van der Waals surface area (Å²) in [6.07, 6.45) is 6.66. The largest absolute Gasteiger partial charge is 0.399 e. The average molecular weight is 268 g/mol. The smallest absolute Gasteiger partial charge is 0.0735 e. The molecule has 1 aliphatic carbocycles. The van der Waals surface area contributed by atoms with Crippen molar-refractivity contribution in [2.45, 2.75) is 51.7 Å². The Morgan fingerprint density at radius 2 is 2.22 bits per heavy atom. The van der Waals surface area contributed by atoms with Crippen molar-refractivity contribution in [3.05, 3.63) is 28.8 Å². The molecule has 0 aliphatic heterocycles. The Balaban J connectivity index is 1.89. The summed E-state index contributed by atoms with van der Waals surface area (Å²) in [5, 5.41) is 0.743. The molecule has 2 nitrogen and oxygen atoms in total. The molecule has 0 amide bonds. The number of rotatable bonds is 4. The fourth-order valence-corrected chi connectivity index (χ4v) is 2.85. The normalized spacial score (nSPS) is 24.1. The molecule has 2 N–H and O–H groups in total. The minimum absolute atomic E-state index is 0.390. The van der Waals surface area contributed by atoms with Gasteiger partial charge in [0.2, 0.25) is 0 Å². The van der Waals surface area contributed by atoms with Gasteiger partial charge in [0.1, 0.15) is 0 Å². The summed E-state index contributed by atoms with van der Waals surface area (Å²) >= 11 is 6.13. The van der Waals surface area contributed by atoms with E-state index >= 15 is 0 Å². The van der Waals surface area contributed by atoms with Gasteiger partial charge in [-0.05, 0) is 42.5 Å². The van der Waals surface area contributed by atoms with E-state index in [1.54, 1.807) is 0 Å². The van der Waals surface area contributed by atoms with Crippen LogP contribution in [0.25, 0.3) is 0 Å². The molecule has 0 spiro atoms. The van der Waals surface area contributed by atoms with Gasteiger partial charge in [-0.25, -0.2) is 0 Å². The highest BCUT2D eigenvalue weighted by molar-refractivity contribution is 6.31. The quantitative estimate of drug-likeness (QED) is 0.821. The molecule has 1 aromatic carbocycles. The van der Waals surface area contributed by atoms with E-state index in [2.05, 4.69) is 6.92 Å². The summed E-state index contributed by atoms with van der Waals surface area (Å²) in [5.41, 5.74) is 7.50. The van der Waals surface area contributed by atoms with Crippen LogP contribution in [-0.2, 0) is 11.3 Å². The van der Waals surface area contributed by atoms with E-state index in [-0.39, 0.29) is 0 Å². The maximum absolute atomic E-state index is 6.13. The predicted molar refractivity (Wildman–Crippen MR) is 76.7 cm³/mol. The Labute approximate surface area is 114 Å². The zero-order valence-corrected chi connectivity index (χ0v) is 11.7. The van der Waals surface area contributed by atoms with Crippen molar-refractivity contribution in [1.29, 1.82) is 0 Å². The van der Waals surface area contributed by atoms with E-state index in [0.29, 0.717) is 12.7 Å². The fourth-order valence-electron chi connectivity index (χ4n) is 2.68. The molecular formula is C15H22ClNO. The van der Waals surface area contributed by atoms with Gasteiger partial charge >= 0.3 is 0 Å². The van der Waals surface area contributed by atoms with Crippen LogP contribution in [0, 0.1) is 5.92 Å². The number of halogens is 1. The van der Waals surface area contributed by atoms with Crippen LogP contribution in [0.3, 0.4) is 0 Å². The Morgan fingerprint density at radius 3 is 3.00 bits per heavy atom. The van der Waals surface area contributed by atoms with Crippen molar-refractivity contribution in [3.8, 4) is 0 Å². The molecule has 3 heteroatoms. The van der Waals surface area contributed by atoms with Crippen LogP contribution in [0.4, 0.5) is 5.69 Å². The van der Waals surface area contributed by atoms with Crippen molar-refractivity contribution in [2.24, 2.45) is 5.92 Å². The zero-order chi connectivity index (χ0) is 13.0. The first-order valence-electron chi connectivity index (χ1n) is 6.84. The van der Waals surface area contributed by atoms with Gasteiger partial charge in [-0.1, -0.05) is 37.8 Å². The van der Waals surface area contributed by atoms with Gasteiger partial charge in [0, 0.05) is 10.7 Å². The molecule has 2 atom stereocenters. The summed E-state index contributed by atoms with van der Waals surface area (Å²) in [6.45, 7) is 2.84. The summed E-state index contributed by atoms with van der Waals surface area (Å²) in [4.78, 5) is 0. The second-order valence-corrected chi connectivity index (χ2v) is 5.63. The van der Waals surface area contributed by atoms with Crippen LogP contribution < -0.4 is 5.73 Å². The van der Waals surface area contributed by atoms with E-state index in [0.717, 1.165) is 22.2 Å². The SMILES string of the molecule is CCC1CCCC(OCc2cc(N)ccc2Cl)C1. The standard InChI is InChI=1S/C15H22ClNO/c1-2-11-4-3-5-14(8-11)18-10-12-9-13(17)6-7-15(12)16/h6-7,9,11,14H,2-5,8,10,17H2,1H3. The van der Waals surface area contributed by atoms with E-state index in [1.165, 1.54) is 32.1 Å². The molecule has 1 fully saturated rings. The lowest BCUT2D eigenvalue weighted by atomic mass is 9.85. The lowest BCUT2D eigenvalue weighted by Crippen LogP contribution is -2.22. The maximum atomic E-state index is 6.13. The Kier molecular flexibility index (Phi) is 4.90. The highest BCUT2D eigenvalue weighted by atomic mass is 35.5. The van der Waals surface area contributed by atoms with Crippen molar-refractivity contribution in [1.82, 2.24) is 0 Å². The summed E-state index contributed by atoms with van der Waals surface area (Å²) < 4.78 is 6.00. The molecule has 100 valence electrons. The van der Waals surface area contributed by atoms with Crippen LogP contribution in [0.1, 0.15) is 44.6 Å². The van der Waals surface area contributed by atoms with E-state index < -0.39 is 0 Å². The number of benzene rings is 1. The molecule has 18 heavy (non-hydrogen) atoms. The average Bonchev–Trinajstić information content (AvgIpc) is 2.40. The van der Waals surface area contributed by atoms with Crippen molar-refractivity contribution in [3.63, 3.8) is 0 Å². The molecule has 2 unspecified atom stereocenters. The summed E-state index contributed by atoms with van der Waals surface area (Å²) in [6, 6.07) is 5.56. The van der Waals surface area contributed by atoms with Gasteiger partial charge in [-0.15, -0.1) is 0 Å². The molecule has 0 saturated heterocycles. The zero-order valence-electron chi connectivity index (χ0n) is 11.0. The van der Waals surface area contributed by atoms with Crippen molar-refractivity contribution in [2.75, 3.05) is 5.73 Å². The summed E-state index contributed by atoms with van der Waals surface area (Å²) in [7, 11) is 0.